The van der Waals surface area contributed by atoms with Crippen molar-refractivity contribution >= 4 is 17.7 Å². The Labute approximate surface area is 131 Å². The predicted octanol–water partition coefficient (Wildman–Crippen LogP) is 2.88. The Morgan fingerprint density at radius 3 is 2.68 bits per heavy atom. The molecule has 120 valence electrons. The SMILES string of the molecule is CC(C)(C)OC(=O)NCC(=O)N1CCCCc2ccccc21. The maximum Gasteiger partial charge on any atom is 0.408 e. The van der Waals surface area contributed by atoms with Crippen molar-refractivity contribution in [2.24, 2.45) is 0 Å². The lowest BCUT2D eigenvalue weighted by atomic mass is 10.1. The van der Waals surface area contributed by atoms with Gasteiger partial charge in [-0.2, -0.15) is 0 Å². The Kier molecular flexibility index (Phi) is 5.06. The fraction of sp³-hybridized carbons (Fsp3) is 0.529. The van der Waals surface area contributed by atoms with Crippen molar-refractivity contribution in [3.05, 3.63) is 29.8 Å². The highest BCUT2D eigenvalue weighted by Crippen LogP contribution is 2.25. The monoisotopic (exact) mass is 304 g/mol. The third-order valence-electron chi connectivity index (χ3n) is 3.44. The Balaban J connectivity index is 1.99. The first kappa shape index (κ1) is 16.3. The van der Waals surface area contributed by atoms with Gasteiger partial charge in [-0.1, -0.05) is 18.2 Å². The molecule has 1 heterocycles. The summed E-state index contributed by atoms with van der Waals surface area (Å²) in [6.45, 7) is 6.01. The van der Waals surface area contributed by atoms with Gasteiger partial charge in [0.25, 0.3) is 0 Å². The number of fused-ring (bicyclic) bond motifs is 1. The van der Waals surface area contributed by atoms with Gasteiger partial charge in [0.2, 0.25) is 5.91 Å². The molecular formula is C17H24N2O3. The standard InChI is InChI=1S/C17H24N2O3/c1-17(2,3)22-16(21)18-12-15(20)19-11-7-6-9-13-8-4-5-10-14(13)19/h4-5,8,10H,6-7,9,11-12H2,1-3H3,(H,18,21). The molecule has 0 unspecified atom stereocenters. The third-order valence-corrected chi connectivity index (χ3v) is 3.44. The molecule has 0 fully saturated rings. The van der Waals surface area contributed by atoms with Crippen LogP contribution < -0.4 is 10.2 Å². The van der Waals surface area contributed by atoms with Crippen LogP contribution in [-0.4, -0.2) is 30.7 Å². The van der Waals surface area contributed by atoms with Crippen molar-refractivity contribution in [1.29, 1.82) is 0 Å². The van der Waals surface area contributed by atoms with Gasteiger partial charge in [-0.25, -0.2) is 4.79 Å². The van der Waals surface area contributed by atoms with Gasteiger partial charge in [-0.3, -0.25) is 4.79 Å². The second kappa shape index (κ2) is 6.81. The van der Waals surface area contributed by atoms with Crippen LogP contribution in [0.1, 0.15) is 39.2 Å². The minimum Gasteiger partial charge on any atom is -0.444 e. The van der Waals surface area contributed by atoms with Crippen molar-refractivity contribution < 1.29 is 14.3 Å². The van der Waals surface area contributed by atoms with E-state index in [1.165, 1.54) is 5.56 Å². The zero-order valence-corrected chi connectivity index (χ0v) is 13.5. The van der Waals surface area contributed by atoms with Crippen molar-refractivity contribution in [2.45, 2.75) is 45.6 Å². The molecule has 0 bridgehead atoms. The van der Waals surface area contributed by atoms with Crippen LogP contribution in [0.25, 0.3) is 0 Å². The number of alkyl carbamates (subject to hydrolysis) is 1. The van der Waals surface area contributed by atoms with E-state index >= 15 is 0 Å². The summed E-state index contributed by atoms with van der Waals surface area (Å²) in [7, 11) is 0. The van der Waals surface area contributed by atoms with Gasteiger partial charge in [0.05, 0.1) is 0 Å². The van der Waals surface area contributed by atoms with E-state index in [0.717, 1.165) is 24.9 Å². The maximum absolute atomic E-state index is 12.4. The average molecular weight is 304 g/mol. The van der Waals surface area contributed by atoms with E-state index < -0.39 is 11.7 Å². The lowest BCUT2D eigenvalue weighted by Gasteiger charge is -2.24. The van der Waals surface area contributed by atoms with Crippen molar-refractivity contribution in [2.75, 3.05) is 18.0 Å². The van der Waals surface area contributed by atoms with Crippen LogP contribution >= 0.6 is 0 Å². The van der Waals surface area contributed by atoms with E-state index in [9.17, 15) is 9.59 Å². The second-order valence-corrected chi connectivity index (χ2v) is 6.49. The molecule has 5 heteroatoms. The highest BCUT2D eigenvalue weighted by molar-refractivity contribution is 5.96. The van der Waals surface area contributed by atoms with E-state index in [1.807, 2.05) is 18.2 Å². The van der Waals surface area contributed by atoms with Gasteiger partial charge < -0.3 is 15.0 Å². The van der Waals surface area contributed by atoms with E-state index in [4.69, 9.17) is 4.74 Å². The van der Waals surface area contributed by atoms with Crippen molar-refractivity contribution in [3.8, 4) is 0 Å². The van der Waals surface area contributed by atoms with E-state index in [-0.39, 0.29) is 12.5 Å². The van der Waals surface area contributed by atoms with Gasteiger partial charge in [-0.15, -0.1) is 0 Å². The minimum atomic E-state index is -0.567. The van der Waals surface area contributed by atoms with Gasteiger partial charge in [-0.05, 0) is 51.7 Å². The molecule has 1 N–H and O–H groups in total. The molecule has 0 atom stereocenters. The number of amides is 2. The molecule has 0 saturated heterocycles. The molecule has 0 radical (unpaired) electrons. The van der Waals surface area contributed by atoms with Crippen LogP contribution in [-0.2, 0) is 16.0 Å². The molecule has 1 aromatic carbocycles. The Hall–Kier alpha value is -2.04. The zero-order chi connectivity index (χ0) is 16.2. The second-order valence-electron chi connectivity index (χ2n) is 6.49. The highest BCUT2D eigenvalue weighted by atomic mass is 16.6. The summed E-state index contributed by atoms with van der Waals surface area (Å²) in [5, 5.41) is 2.54. The Morgan fingerprint density at radius 1 is 1.23 bits per heavy atom. The summed E-state index contributed by atoms with van der Waals surface area (Å²) in [4.78, 5) is 25.9. The quantitative estimate of drug-likeness (QED) is 0.914. The molecule has 2 rings (SSSR count). The van der Waals surface area contributed by atoms with Gasteiger partial charge in [0.15, 0.2) is 0 Å². The van der Waals surface area contributed by atoms with Crippen LogP contribution in [0.2, 0.25) is 0 Å². The molecule has 0 aromatic heterocycles. The number of benzene rings is 1. The first-order valence-corrected chi connectivity index (χ1v) is 7.72. The molecule has 0 aliphatic carbocycles. The highest BCUT2D eigenvalue weighted by Gasteiger charge is 2.22. The average Bonchev–Trinajstić information content (AvgIpc) is 2.65. The molecule has 0 saturated carbocycles. The first-order chi connectivity index (χ1) is 10.4. The molecule has 1 aliphatic rings. The van der Waals surface area contributed by atoms with E-state index in [2.05, 4.69) is 11.4 Å². The number of hydrogen-bond donors (Lipinski definition) is 1. The fourth-order valence-electron chi connectivity index (χ4n) is 2.51. The van der Waals surface area contributed by atoms with Crippen molar-refractivity contribution in [3.63, 3.8) is 0 Å². The van der Waals surface area contributed by atoms with Crippen LogP contribution in [0.3, 0.4) is 0 Å². The molecule has 1 aromatic rings. The smallest absolute Gasteiger partial charge is 0.408 e. The number of nitrogens with one attached hydrogen (secondary N) is 1. The summed E-state index contributed by atoms with van der Waals surface area (Å²) in [6, 6.07) is 7.95. The number of ether oxygens (including phenoxy) is 1. The van der Waals surface area contributed by atoms with Gasteiger partial charge >= 0.3 is 6.09 Å². The van der Waals surface area contributed by atoms with E-state index in [1.54, 1.807) is 25.7 Å². The Bertz CT molecular complexity index is 549. The lowest BCUT2D eigenvalue weighted by Crippen LogP contribution is -2.42. The van der Waals surface area contributed by atoms with Gasteiger partial charge in [0.1, 0.15) is 12.1 Å². The normalized spacial score (nSPS) is 14.8. The first-order valence-electron chi connectivity index (χ1n) is 7.72. The number of carbonyl (C=O) groups is 2. The summed E-state index contributed by atoms with van der Waals surface area (Å²) in [6.07, 6.45) is 2.45. The molecule has 5 nitrogen and oxygen atoms in total. The topological polar surface area (TPSA) is 58.6 Å². The maximum atomic E-state index is 12.4. The molecular weight excluding hydrogens is 280 g/mol. The minimum absolute atomic E-state index is 0.0523. The van der Waals surface area contributed by atoms with Crippen LogP contribution in [0.4, 0.5) is 10.5 Å². The summed E-state index contributed by atoms with van der Waals surface area (Å²) in [5.74, 6) is -0.111. The van der Waals surface area contributed by atoms with Gasteiger partial charge in [0, 0.05) is 12.2 Å². The number of aryl methyl sites for hydroxylation is 1. The predicted molar refractivity (Wildman–Crippen MR) is 86.0 cm³/mol. The summed E-state index contributed by atoms with van der Waals surface area (Å²) < 4.78 is 5.15. The van der Waals surface area contributed by atoms with Crippen molar-refractivity contribution in [1.82, 2.24) is 5.32 Å². The number of nitrogens with zero attached hydrogens (tertiary/aromatic N) is 1. The number of para-hydroxylation sites is 1. The summed E-state index contributed by atoms with van der Waals surface area (Å²) >= 11 is 0. The molecule has 2 amide bonds. The third kappa shape index (κ3) is 4.48. The van der Waals surface area contributed by atoms with Crippen LogP contribution in [0.5, 0.6) is 0 Å². The molecule has 1 aliphatic heterocycles. The number of rotatable bonds is 2. The van der Waals surface area contributed by atoms with Crippen LogP contribution in [0, 0.1) is 0 Å². The summed E-state index contributed by atoms with van der Waals surface area (Å²) in [5.41, 5.74) is 1.57. The largest absolute Gasteiger partial charge is 0.444 e. The molecule has 22 heavy (non-hydrogen) atoms. The number of hydrogen-bond acceptors (Lipinski definition) is 3. The zero-order valence-electron chi connectivity index (χ0n) is 13.5. The van der Waals surface area contributed by atoms with Crippen LogP contribution in [0.15, 0.2) is 24.3 Å². The molecule has 0 spiro atoms. The number of carbonyl (C=O) groups excluding carboxylic acids is 2. The fourth-order valence-corrected chi connectivity index (χ4v) is 2.51. The van der Waals surface area contributed by atoms with E-state index in [0.29, 0.717) is 6.54 Å². The number of anilines is 1. The Morgan fingerprint density at radius 2 is 1.95 bits per heavy atom. The lowest BCUT2D eigenvalue weighted by molar-refractivity contribution is -0.117.